The number of benzene rings is 1. The van der Waals surface area contributed by atoms with Crippen LogP contribution in [0.3, 0.4) is 0 Å². The van der Waals surface area contributed by atoms with Crippen LogP contribution in [0.15, 0.2) is 36.5 Å². The van der Waals surface area contributed by atoms with Crippen molar-refractivity contribution in [3.8, 4) is 11.5 Å². The van der Waals surface area contributed by atoms with E-state index in [0.29, 0.717) is 18.0 Å². The number of ether oxygens (including phenoxy) is 1. The average molecular weight is 236 g/mol. The molecule has 0 aliphatic carbocycles. The highest BCUT2D eigenvalue weighted by molar-refractivity contribution is 5.31. The van der Waals surface area contributed by atoms with E-state index in [1.54, 1.807) is 12.1 Å². The second-order valence-electron chi connectivity index (χ2n) is 3.37. The molecule has 1 heterocycles. The SMILES string of the molecule is NCc1ccc(Oc2ccc(F)cc2F)cn1. The first-order valence-corrected chi connectivity index (χ1v) is 4.97. The Morgan fingerprint density at radius 1 is 1.18 bits per heavy atom. The maximum atomic E-state index is 13.3. The summed E-state index contributed by atoms with van der Waals surface area (Å²) in [6.45, 7) is 0.325. The molecular formula is C12H10F2N2O. The minimum Gasteiger partial charge on any atom is -0.453 e. The summed E-state index contributed by atoms with van der Waals surface area (Å²) < 4.78 is 31.2. The highest BCUT2D eigenvalue weighted by atomic mass is 19.1. The highest BCUT2D eigenvalue weighted by Gasteiger charge is 2.06. The van der Waals surface area contributed by atoms with Crippen molar-refractivity contribution in [3.63, 3.8) is 0 Å². The molecule has 0 saturated carbocycles. The standard InChI is InChI=1S/C12H10F2N2O/c13-8-1-4-12(11(14)5-8)17-10-3-2-9(6-15)16-7-10/h1-5,7H,6,15H2. The van der Waals surface area contributed by atoms with Gasteiger partial charge in [-0.3, -0.25) is 4.98 Å². The molecule has 0 saturated heterocycles. The number of aromatic nitrogens is 1. The van der Waals surface area contributed by atoms with Gasteiger partial charge in [-0.05, 0) is 24.3 Å². The number of rotatable bonds is 3. The first-order chi connectivity index (χ1) is 8.19. The monoisotopic (exact) mass is 236 g/mol. The molecule has 2 N–H and O–H groups in total. The Balaban J connectivity index is 2.19. The lowest BCUT2D eigenvalue weighted by atomic mass is 10.3. The number of hydrogen-bond donors (Lipinski definition) is 1. The van der Waals surface area contributed by atoms with Gasteiger partial charge in [0.05, 0.1) is 11.9 Å². The van der Waals surface area contributed by atoms with E-state index in [9.17, 15) is 8.78 Å². The largest absolute Gasteiger partial charge is 0.453 e. The minimum absolute atomic E-state index is 0.0475. The lowest BCUT2D eigenvalue weighted by molar-refractivity contribution is 0.436. The van der Waals surface area contributed by atoms with Crippen LogP contribution in [0.25, 0.3) is 0 Å². The van der Waals surface area contributed by atoms with Crippen LogP contribution in [0.5, 0.6) is 11.5 Å². The molecule has 1 aromatic heterocycles. The van der Waals surface area contributed by atoms with Gasteiger partial charge in [-0.25, -0.2) is 8.78 Å². The molecule has 3 nitrogen and oxygen atoms in total. The lowest BCUT2D eigenvalue weighted by Crippen LogP contribution is -1.99. The summed E-state index contributed by atoms with van der Waals surface area (Å²) >= 11 is 0. The fourth-order valence-electron chi connectivity index (χ4n) is 1.28. The van der Waals surface area contributed by atoms with E-state index in [0.717, 1.165) is 12.1 Å². The Bertz CT molecular complexity index is 514. The summed E-state index contributed by atoms with van der Waals surface area (Å²) in [5.74, 6) is -1.08. The van der Waals surface area contributed by atoms with E-state index in [-0.39, 0.29) is 5.75 Å². The summed E-state index contributed by atoms with van der Waals surface area (Å²) in [4.78, 5) is 3.99. The van der Waals surface area contributed by atoms with E-state index in [1.807, 2.05) is 0 Å². The molecule has 17 heavy (non-hydrogen) atoms. The molecule has 5 heteroatoms. The van der Waals surface area contributed by atoms with Crippen molar-refractivity contribution in [2.75, 3.05) is 0 Å². The smallest absolute Gasteiger partial charge is 0.168 e. The van der Waals surface area contributed by atoms with Crippen molar-refractivity contribution >= 4 is 0 Å². The zero-order chi connectivity index (χ0) is 12.3. The maximum absolute atomic E-state index is 13.3. The number of hydrogen-bond acceptors (Lipinski definition) is 3. The van der Waals surface area contributed by atoms with E-state index in [4.69, 9.17) is 10.5 Å². The summed E-state index contributed by atoms with van der Waals surface area (Å²) in [5.41, 5.74) is 6.09. The van der Waals surface area contributed by atoms with Crippen LogP contribution in [0.2, 0.25) is 0 Å². The van der Waals surface area contributed by atoms with Gasteiger partial charge in [0, 0.05) is 12.6 Å². The van der Waals surface area contributed by atoms with Crippen LogP contribution in [0.4, 0.5) is 8.78 Å². The van der Waals surface area contributed by atoms with Gasteiger partial charge in [-0.15, -0.1) is 0 Å². The fourth-order valence-corrected chi connectivity index (χ4v) is 1.28. The molecule has 0 spiro atoms. The minimum atomic E-state index is -0.757. The summed E-state index contributed by atoms with van der Waals surface area (Å²) in [6.07, 6.45) is 1.44. The van der Waals surface area contributed by atoms with Gasteiger partial charge < -0.3 is 10.5 Å². The lowest BCUT2D eigenvalue weighted by Gasteiger charge is -2.06. The van der Waals surface area contributed by atoms with Crippen LogP contribution >= 0.6 is 0 Å². The number of nitrogens with two attached hydrogens (primary N) is 1. The van der Waals surface area contributed by atoms with Crippen LogP contribution in [-0.2, 0) is 6.54 Å². The summed E-state index contributed by atoms with van der Waals surface area (Å²) in [7, 11) is 0. The molecule has 0 aliphatic rings. The Kier molecular flexibility index (Phi) is 3.30. The first-order valence-electron chi connectivity index (χ1n) is 4.97. The van der Waals surface area contributed by atoms with Gasteiger partial charge in [-0.1, -0.05) is 0 Å². The third-order valence-electron chi connectivity index (χ3n) is 2.13. The van der Waals surface area contributed by atoms with Gasteiger partial charge >= 0.3 is 0 Å². The van der Waals surface area contributed by atoms with E-state index < -0.39 is 11.6 Å². The Hall–Kier alpha value is -2.01. The Morgan fingerprint density at radius 2 is 2.00 bits per heavy atom. The predicted octanol–water partition coefficient (Wildman–Crippen LogP) is 2.61. The Labute approximate surface area is 96.9 Å². The van der Waals surface area contributed by atoms with Gasteiger partial charge in [0.2, 0.25) is 0 Å². The number of pyridine rings is 1. The second-order valence-corrected chi connectivity index (χ2v) is 3.37. The van der Waals surface area contributed by atoms with Crippen molar-refractivity contribution in [1.82, 2.24) is 4.98 Å². The van der Waals surface area contributed by atoms with Crippen LogP contribution in [0.1, 0.15) is 5.69 Å². The zero-order valence-corrected chi connectivity index (χ0v) is 8.86. The van der Waals surface area contributed by atoms with Gasteiger partial charge in [0.1, 0.15) is 11.6 Å². The fraction of sp³-hybridized carbons (Fsp3) is 0.0833. The van der Waals surface area contributed by atoms with Gasteiger partial charge in [-0.2, -0.15) is 0 Å². The molecular weight excluding hydrogens is 226 g/mol. The third-order valence-corrected chi connectivity index (χ3v) is 2.13. The maximum Gasteiger partial charge on any atom is 0.168 e. The topological polar surface area (TPSA) is 48.1 Å². The summed E-state index contributed by atoms with van der Waals surface area (Å²) in [6, 6.07) is 6.41. The zero-order valence-electron chi connectivity index (χ0n) is 8.86. The molecule has 0 aliphatic heterocycles. The van der Waals surface area contributed by atoms with E-state index in [1.165, 1.54) is 12.3 Å². The van der Waals surface area contributed by atoms with E-state index in [2.05, 4.69) is 4.98 Å². The molecule has 0 bridgehead atoms. The van der Waals surface area contributed by atoms with Crippen molar-refractivity contribution in [3.05, 3.63) is 53.9 Å². The first kappa shape index (κ1) is 11.5. The van der Waals surface area contributed by atoms with Crippen molar-refractivity contribution in [1.29, 1.82) is 0 Å². The quantitative estimate of drug-likeness (QED) is 0.891. The highest BCUT2D eigenvalue weighted by Crippen LogP contribution is 2.24. The molecule has 2 rings (SSSR count). The van der Waals surface area contributed by atoms with Crippen molar-refractivity contribution in [2.45, 2.75) is 6.54 Å². The number of nitrogens with zero attached hydrogens (tertiary/aromatic N) is 1. The van der Waals surface area contributed by atoms with Crippen LogP contribution < -0.4 is 10.5 Å². The molecule has 88 valence electrons. The average Bonchev–Trinajstić information content (AvgIpc) is 2.34. The third kappa shape index (κ3) is 2.76. The van der Waals surface area contributed by atoms with Crippen LogP contribution in [-0.4, -0.2) is 4.98 Å². The van der Waals surface area contributed by atoms with Gasteiger partial charge in [0.15, 0.2) is 11.6 Å². The normalized spacial score (nSPS) is 10.3. The van der Waals surface area contributed by atoms with Crippen molar-refractivity contribution < 1.29 is 13.5 Å². The molecule has 2 aromatic rings. The molecule has 0 fully saturated rings. The second kappa shape index (κ2) is 4.88. The number of halogens is 2. The summed E-state index contributed by atoms with van der Waals surface area (Å²) in [5, 5.41) is 0. The molecule has 0 amide bonds. The van der Waals surface area contributed by atoms with Gasteiger partial charge in [0.25, 0.3) is 0 Å². The molecule has 0 atom stereocenters. The van der Waals surface area contributed by atoms with Crippen molar-refractivity contribution in [2.24, 2.45) is 5.73 Å². The Morgan fingerprint density at radius 3 is 2.59 bits per heavy atom. The molecule has 0 unspecified atom stereocenters. The van der Waals surface area contributed by atoms with Crippen LogP contribution in [0, 0.1) is 11.6 Å². The molecule has 1 aromatic carbocycles. The van der Waals surface area contributed by atoms with E-state index >= 15 is 0 Å². The molecule has 0 radical (unpaired) electrons. The predicted molar refractivity (Wildman–Crippen MR) is 58.6 cm³/mol.